The third kappa shape index (κ3) is 4.53. The van der Waals surface area contributed by atoms with E-state index in [1.807, 2.05) is 38.1 Å². The number of hydrazine groups is 1. The van der Waals surface area contributed by atoms with Crippen LogP contribution in [-0.4, -0.2) is 38.2 Å². The van der Waals surface area contributed by atoms with Crippen molar-refractivity contribution >= 4 is 15.7 Å². The fourth-order valence-electron chi connectivity index (χ4n) is 2.56. The van der Waals surface area contributed by atoms with Gasteiger partial charge in [0.15, 0.2) is 9.84 Å². The SMILES string of the molecule is COc1ccc(C2NNC(NC(=O)C(C)(C)S(=O)(=O)CC(C)C)N2)cc1. The van der Waals surface area contributed by atoms with Crippen LogP contribution in [0.15, 0.2) is 24.3 Å². The molecule has 1 aromatic carbocycles. The fourth-order valence-corrected chi connectivity index (χ4v) is 4.20. The Morgan fingerprint density at radius 2 is 1.85 bits per heavy atom. The average molecular weight is 385 g/mol. The standard InChI is InChI=1S/C17H28N4O4S/c1-11(2)10-26(23,24)17(3,4)15(22)19-16-18-14(20-21-16)12-6-8-13(25-5)9-7-12/h6-9,11,14,16,18,20-21H,10H2,1-5H3,(H,19,22). The number of ether oxygens (including phenoxy) is 1. The normalized spacial score (nSPS) is 21.0. The smallest absolute Gasteiger partial charge is 0.243 e. The Morgan fingerprint density at radius 3 is 2.38 bits per heavy atom. The number of sulfone groups is 1. The Morgan fingerprint density at radius 1 is 1.23 bits per heavy atom. The Bertz CT molecular complexity index is 732. The highest BCUT2D eigenvalue weighted by Crippen LogP contribution is 2.21. The van der Waals surface area contributed by atoms with E-state index >= 15 is 0 Å². The van der Waals surface area contributed by atoms with Gasteiger partial charge in [-0.3, -0.25) is 10.1 Å². The number of rotatable bonds is 7. The van der Waals surface area contributed by atoms with Crippen molar-refractivity contribution < 1.29 is 17.9 Å². The van der Waals surface area contributed by atoms with Crippen LogP contribution in [0.25, 0.3) is 0 Å². The van der Waals surface area contributed by atoms with Crippen molar-refractivity contribution in [3.63, 3.8) is 0 Å². The van der Waals surface area contributed by atoms with Gasteiger partial charge in [0.2, 0.25) is 5.91 Å². The Kier molecular flexibility index (Phi) is 6.28. The summed E-state index contributed by atoms with van der Waals surface area (Å²) in [6.07, 6.45) is -0.829. The topological polar surface area (TPSA) is 109 Å². The molecule has 0 bridgehead atoms. The number of hydrogen-bond acceptors (Lipinski definition) is 7. The van der Waals surface area contributed by atoms with Crippen molar-refractivity contribution in [3.8, 4) is 5.75 Å². The molecule has 4 N–H and O–H groups in total. The minimum Gasteiger partial charge on any atom is -0.497 e. The zero-order chi connectivity index (χ0) is 19.5. The number of carbonyl (C=O) groups is 1. The van der Waals surface area contributed by atoms with Crippen LogP contribution in [0.3, 0.4) is 0 Å². The van der Waals surface area contributed by atoms with Crippen molar-refractivity contribution in [2.75, 3.05) is 12.9 Å². The number of hydrogen-bond donors (Lipinski definition) is 4. The molecule has 1 heterocycles. The molecule has 9 heteroatoms. The molecule has 8 nitrogen and oxygen atoms in total. The second-order valence-corrected chi connectivity index (χ2v) is 9.84. The number of nitrogens with one attached hydrogen (secondary N) is 4. The largest absolute Gasteiger partial charge is 0.497 e. The molecule has 1 aliphatic rings. The second kappa shape index (κ2) is 7.91. The summed E-state index contributed by atoms with van der Waals surface area (Å²) < 4.78 is 28.6. The predicted molar refractivity (Wildman–Crippen MR) is 99.8 cm³/mol. The summed E-state index contributed by atoms with van der Waals surface area (Å²) in [6, 6.07) is 7.47. The minimum atomic E-state index is -3.58. The lowest BCUT2D eigenvalue weighted by Crippen LogP contribution is -2.57. The average Bonchev–Trinajstić information content (AvgIpc) is 3.02. The molecule has 0 aliphatic carbocycles. The van der Waals surface area contributed by atoms with E-state index in [0.29, 0.717) is 0 Å². The Balaban J connectivity index is 1.99. The molecule has 1 aliphatic heterocycles. The van der Waals surface area contributed by atoms with Gasteiger partial charge in [0.1, 0.15) is 16.8 Å². The maximum absolute atomic E-state index is 12.6. The maximum atomic E-state index is 12.6. The van der Waals surface area contributed by atoms with E-state index in [-0.39, 0.29) is 17.8 Å². The van der Waals surface area contributed by atoms with Crippen molar-refractivity contribution in [3.05, 3.63) is 29.8 Å². The first-order valence-electron chi connectivity index (χ1n) is 8.51. The predicted octanol–water partition coefficient (Wildman–Crippen LogP) is 0.640. The molecule has 0 aromatic heterocycles. The van der Waals surface area contributed by atoms with Crippen molar-refractivity contribution in [1.29, 1.82) is 0 Å². The first-order chi connectivity index (χ1) is 12.1. The summed E-state index contributed by atoms with van der Waals surface area (Å²) in [4.78, 5) is 12.6. The molecule has 2 rings (SSSR count). The van der Waals surface area contributed by atoms with Crippen LogP contribution in [-0.2, 0) is 14.6 Å². The molecule has 1 amide bonds. The lowest BCUT2D eigenvalue weighted by Gasteiger charge is -2.26. The Labute approximate surface area is 155 Å². The number of carbonyl (C=O) groups excluding carboxylic acids is 1. The van der Waals surface area contributed by atoms with Crippen molar-refractivity contribution in [2.24, 2.45) is 5.92 Å². The summed E-state index contributed by atoms with van der Waals surface area (Å²) in [6.45, 7) is 6.50. The maximum Gasteiger partial charge on any atom is 0.243 e. The van der Waals surface area contributed by atoms with Crippen LogP contribution in [0.4, 0.5) is 0 Å². The van der Waals surface area contributed by atoms with Gasteiger partial charge >= 0.3 is 0 Å². The molecule has 0 saturated carbocycles. The number of amides is 1. The summed E-state index contributed by atoms with van der Waals surface area (Å²) in [5, 5.41) is 5.84. The minimum absolute atomic E-state index is 0.0360. The molecule has 146 valence electrons. The first kappa shape index (κ1) is 20.6. The zero-order valence-electron chi connectivity index (χ0n) is 15.8. The highest BCUT2D eigenvalue weighted by molar-refractivity contribution is 7.93. The summed E-state index contributed by atoms with van der Waals surface area (Å²) in [5.74, 6) is 0.115. The molecule has 1 fully saturated rings. The molecule has 0 spiro atoms. The van der Waals surface area contributed by atoms with Gasteiger partial charge in [-0.05, 0) is 37.5 Å². The quantitative estimate of drug-likeness (QED) is 0.546. The lowest BCUT2D eigenvalue weighted by atomic mass is 10.1. The summed E-state index contributed by atoms with van der Waals surface area (Å²) in [7, 11) is -1.97. The van der Waals surface area contributed by atoms with Gasteiger partial charge in [-0.25, -0.2) is 19.3 Å². The molecule has 1 aromatic rings. The monoisotopic (exact) mass is 384 g/mol. The number of methoxy groups -OCH3 is 1. The molecule has 1 saturated heterocycles. The first-order valence-corrected chi connectivity index (χ1v) is 10.2. The zero-order valence-corrected chi connectivity index (χ0v) is 16.6. The fraction of sp³-hybridized carbons (Fsp3) is 0.588. The van der Waals surface area contributed by atoms with Gasteiger partial charge in [0, 0.05) is 0 Å². The molecular weight excluding hydrogens is 356 g/mol. The van der Waals surface area contributed by atoms with Crippen LogP contribution in [0.5, 0.6) is 5.75 Å². The van der Waals surface area contributed by atoms with E-state index < -0.39 is 26.8 Å². The highest BCUT2D eigenvalue weighted by Gasteiger charge is 2.43. The van der Waals surface area contributed by atoms with E-state index in [1.165, 1.54) is 13.8 Å². The molecule has 26 heavy (non-hydrogen) atoms. The third-order valence-electron chi connectivity index (χ3n) is 4.31. The van der Waals surface area contributed by atoms with Crippen molar-refractivity contribution in [1.82, 2.24) is 21.5 Å². The third-order valence-corrected chi connectivity index (χ3v) is 7.15. The van der Waals surface area contributed by atoms with E-state index in [9.17, 15) is 13.2 Å². The van der Waals surface area contributed by atoms with E-state index in [4.69, 9.17) is 4.74 Å². The van der Waals surface area contributed by atoms with Crippen LogP contribution in [0.2, 0.25) is 0 Å². The van der Waals surface area contributed by atoms with Crippen LogP contribution < -0.4 is 26.2 Å². The Hall–Kier alpha value is -1.68. The van der Waals surface area contributed by atoms with Gasteiger partial charge in [-0.15, -0.1) is 0 Å². The van der Waals surface area contributed by atoms with E-state index in [2.05, 4.69) is 21.5 Å². The summed E-state index contributed by atoms with van der Waals surface area (Å²) in [5.41, 5.74) is 6.88. The van der Waals surface area contributed by atoms with E-state index in [0.717, 1.165) is 11.3 Å². The lowest BCUT2D eigenvalue weighted by molar-refractivity contribution is -0.123. The van der Waals surface area contributed by atoms with Crippen LogP contribution in [0.1, 0.15) is 39.4 Å². The highest BCUT2D eigenvalue weighted by atomic mass is 32.2. The van der Waals surface area contributed by atoms with Gasteiger partial charge in [-0.2, -0.15) is 0 Å². The second-order valence-electron chi connectivity index (χ2n) is 7.25. The molecule has 2 atom stereocenters. The summed E-state index contributed by atoms with van der Waals surface area (Å²) >= 11 is 0. The molecule has 0 radical (unpaired) electrons. The van der Waals surface area contributed by atoms with Gasteiger partial charge in [0.05, 0.1) is 19.0 Å². The number of benzene rings is 1. The van der Waals surface area contributed by atoms with Crippen LogP contribution in [0, 0.1) is 5.92 Å². The van der Waals surface area contributed by atoms with Crippen molar-refractivity contribution in [2.45, 2.75) is 44.9 Å². The molecule has 2 unspecified atom stereocenters. The van der Waals surface area contributed by atoms with Gasteiger partial charge in [-0.1, -0.05) is 26.0 Å². The van der Waals surface area contributed by atoms with Gasteiger partial charge < -0.3 is 10.1 Å². The van der Waals surface area contributed by atoms with Gasteiger partial charge in [0.25, 0.3) is 0 Å². The van der Waals surface area contributed by atoms with Crippen LogP contribution >= 0.6 is 0 Å². The van der Waals surface area contributed by atoms with E-state index in [1.54, 1.807) is 7.11 Å². The molecular formula is C17H28N4O4S.